The zero-order chi connectivity index (χ0) is 20.9. The van der Waals surface area contributed by atoms with Crippen LogP contribution in [0.15, 0.2) is 79.0 Å². The topological polar surface area (TPSA) is 77.2 Å². The highest BCUT2D eigenvalue weighted by molar-refractivity contribution is 6.06. The Labute approximate surface area is 175 Å². The number of fused-ring (bicyclic) bond motifs is 1. The zero-order valence-corrected chi connectivity index (χ0v) is 16.8. The summed E-state index contributed by atoms with van der Waals surface area (Å²) in [4.78, 5) is 17.2. The molecule has 5 heteroatoms. The Bertz CT molecular complexity index is 1190. The van der Waals surface area contributed by atoms with Crippen molar-refractivity contribution < 1.29 is 9.53 Å². The van der Waals surface area contributed by atoms with Crippen molar-refractivity contribution in [2.24, 2.45) is 0 Å². The van der Waals surface area contributed by atoms with Crippen molar-refractivity contribution in [3.63, 3.8) is 0 Å². The van der Waals surface area contributed by atoms with Gasteiger partial charge in [0.1, 0.15) is 12.4 Å². The standard InChI is InChI=1S/C25H23N3O2/c1-2-17-7-10-20(11-8-17)30-16-18-5-3-4-6-21(18)25(29)28-19-9-12-24-22(15-19)23(26)13-14-27-24/h3-15H,2,16H2,1H3,(H2,26,27)(H,28,29). The summed E-state index contributed by atoms with van der Waals surface area (Å²) in [6.07, 6.45) is 2.65. The van der Waals surface area contributed by atoms with Crippen LogP contribution in [0.5, 0.6) is 5.75 Å². The van der Waals surface area contributed by atoms with Crippen molar-refractivity contribution in [3.05, 3.63) is 95.7 Å². The molecule has 0 aliphatic heterocycles. The van der Waals surface area contributed by atoms with Crippen LogP contribution in [-0.2, 0) is 13.0 Å². The van der Waals surface area contributed by atoms with Crippen LogP contribution in [0.25, 0.3) is 10.9 Å². The number of carbonyl (C=O) groups is 1. The Kier molecular flexibility index (Phi) is 5.61. The first-order chi connectivity index (χ1) is 14.6. The molecule has 0 atom stereocenters. The van der Waals surface area contributed by atoms with Gasteiger partial charge in [0.15, 0.2) is 0 Å². The lowest BCUT2D eigenvalue weighted by Crippen LogP contribution is -2.15. The first-order valence-corrected chi connectivity index (χ1v) is 9.89. The highest BCUT2D eigenvalue weighted by Gasteiger charge is 2.12. The van der Waals surface area contributed by atoms with Crippen LogP contribution in [0.1, 0.15) is 28.4 Å². The largest absolute Gasteiger partial charge is 0.489 e. The second-order valence-corrected chi connectivity index (χ2v) is 7.03. The molecule has 0 bridgehead atoms. The van der Waals surface area contributed by atoms with E-state index in [1.807, 2.05) is 60.7 Å². The van der Waals surface area contributed by atoms with Gasteiger partial charge in [-0.3, -0.25) is 9.78 Å². The van der Waals surface area contributed by atoms with Gasteiger partial charge in [0, 0.05) is 34.1 Å². The van der Waals surface area contributed by atoms with Crippen LogP contribution < -0.4 is 15.8 Å². The molecule has 4 rings (SSSR count). The number of hydrogen-bond acceptors (Lipinski definition) is 4. The summed E-state index contributed by atoms with van der Waals surface area (Å²) < 4.78 is 5.90. The molecular formula is C25H23N3O2. The van der Waals surface area contributed by atoms with Crippen molar-refractivity contribution in [2.45, 2.75) is 20.0 Å². The van der Waals surface area contributed by atoms with Gasteiger partial charge < -0.3 is 15.8 Å². The summed E-state index contributed by atoms with van der Waals surface area (Å²) >= 11 is 0. The van der Waals surface area contributed by atoms with Crippen molar-refractivity contribution in [3.8, 4) is 5.75 Å². The van der Waals surface area contributed by atoms with Gasteiger partial charge in [-0.05, 0) is 54.4 Å². The van der Waals surface area contributed by atoms with Crippen LogP contribution >= 0.6 is 0 Å². The van der Waals surface area contributed by atoms with Gasteiger partial charge in [0.05, 0.1) is 5.52 Å². The van der Waals surface area contributed by atoms with E-state index in [-0.39, 0.29) is 5.91 Å². The molecule has 1 aromatic heterocycles. The summed E-state index contributed by atoms with van der Waals surface area (Å²) in [5.41, 5.74) is 10.8. The number of anilines is 2. The number of amides is 1. The molecule has 0 radical (unpaired) electrons. The lowest BCUT2D eigenvalue weighted by Gasteiger charge is -2.12. The van der Waals surface area contributed by atoms with E-state index in [1.165, 1.54) is 5.56 Å². The summed E-state index contributed by atoms with van der Waals surface area (Å²) in [5.74, 6) is 0.581. The van der Waals surface area contributed by atoms with E-state index in [1.54, 1.807) is 18.3 Å². The Hall–Kier alpha value is -3.86. The summed E-state index contributed by atoms with van der Waals surface area (Å²) in [7, 11) is 0. The van der Waals surface area contributed by atoms with Gasteiger partial charge >= 0.3 is 0 Å². The second-order valence-electron chi connectivity index (χ2n) is 7.03. The van der Waals surface area contributed by atoms with E-state index in [2.05, 4.69) is 17.2 Å². The average Bonchev–Trinajstić information content (AvgIpc) is 2.79. The highest BCUT2D eigenvalue weighted by atomic mass is 16.5. The number of carbonyl (C=O) groups excluding carboxylic acids is 1. The maximum absolute atomic E-state index is 12.9. The van der Waals surface area contributed by atoms with Gasteiger partial charge in [-0.25, -0.2) is 0 Å². The molecule has 1 amide bonds. The minimum Gasteiger partial charge on any atom is -0.489 e. The number of nitrogens with one attached hydrogen (secondary N) is 1. The molecule has 0 fully saturated rings. The third kappa shape index (κ3) is 4.25. The normalized spacial score (nSPS) is 10.7. The van der Waals surface area contributed by atoms with Gasteiger partial charge in [-0.1, -0.05) is 37.3 Å². The molecule has 150 valence electrons. The van der Waals surface area contributed by atoms with Crippen LogP contribution in [-0.4, -0.2) is 10.9 Å². The van der Waals surface area contributed by atoms with E-state index in [4.69, 9.17) is 10.5 Å². The van der Waals surface area contributed by atoms with Crippen LogP contribution in [0.3, 0.4) is 0 Å². The fourth-order valence-electron chi connectivity index (χ4n) is 3.29. The molecule has 3 N–H and O–H groups in total. The Morgan fingerprint density at radius 1 is 1.03 bits per heavy atom. The van der Waals surface area contributed by atoms with Crippen LogP contribution in [0.2, 0.25) is 0 Å². The molecule has 3 aromatic carbocycles. The number of aromatic nitrogens is 1. The van der Waals surface area contributed by atoms with Gasteiger partial charge in [0.2, 0.25) is 0 Å². The fourth-order valence-corrected chi connectivity index (χ4v) is 3.29. The molecule has 5 nitrogen and oxygen atoms in total. The molecule has 30 heavy (non-hydrogen) atoms. The highest BCUT2D eigenvalue weighted by Crippen LogP contribution is 2.23. The van der Waals surface area contributed by atoms with E-state index >= 15 is 0 Å². The molecule has 0 unspecified atom stereocenters. The lowest BCUT2D eigenvalue weighted by molar-refractivity contribution is 0.102. The predicted molar refractivity (Wildman–Crippen MR) is 121 cm³/mol. The number of aryl methyl sites for hydroxylation is 1. The summed E-state index contributed by atoms with van der Waals surface area (Å²) in [6, 6.07) is 22.7. The number of nitrogen functional groups attached to an aromatic ring is 1. The molecule has 0 saturated carbocycles. The molecule has 1 heterocycles. The number of rotatable bonds is 6. The fraction of sp³-hybridized carbons (Fsp3) is 0.120. The average molecular weight is 397 g/mol. The Morgan fingerprint density at radius 3 is 2.63 bits per heavy atom. The first-order valence-electron chi connectivity index (χ1n) is 9.89. The predicted octanol–water partition coefficient (Wildman–Crippen LogP) is 5.21. The maximum Gasteiger partial charge on any atom is 0.256 e. The summed E-state index contributed by atoms with van der Waals surface area (Å²) in [6.45, 7) is 2.43. The first kappa shape index (κ1) is 19.5. The lowest BCUT2D eigenvalue weighted by atomic mass is 10.1. The minimum atomic E-state index is -0.197. The van der Waals surface area contributed by atoms with E-state index in [0.717, 1.165) is 28.6 Å². The SMILES string of the molecule is CCc1ccc(OCc2ccccc2C(=O)Nc2ccc3nccc(N)c3c2)cc1. The van der Waals surface area contributed by atoms with Gasteiger partial charge in [0.25, 0.3) is 5.91 Å². The molecule has 4 aromatic rings. The number of pyridine rings is 1. The quantitative estimate of drug-likeness (QED) is 0.468. The van der Waals surface area contributed by atoms with Crippen molar-refractivity contribution in [1.29, 1.82) is 0 Å². The van der Waals surface area contributed by atoms with Crippen LogP contribution in [0.4, 0.5) is 11.4 Å². The smallest absolute Gasteiger partial charge is 0.256 e. The molecule has 0 spiro atoms. The third-order valence-electron chi connectivity index (χ3n) is 5.02. The van der Waals surface area contributed by atoms with E-state index in [0.29, 0.717) is 23.5 Å². The molecular weight excluding hydrogens is 374 g/mol. The molecule has 0 saturated heterocycles. The molecule has 0 aliphatic rings. The number of ether oxygens (including phenoxy) is 1. The minimum absolute atomic E-state index is 0.197. The Morgan fingerprint density at radius 2 is 1.83 bits per heavy atom. The monoisotopic (exact) mass is 397 g/mol. The number of nitrogens with zero attached hydrogens (tertiary/aromatic N) is 1. The molecule has 0 aliphatic carbocycles. The van der Waals surface area contributed by atoms with Crippen molar-refractivity contribution in [2.75, 3.05) is 11.1 Å². The third-order valence-corrected chi connectivity index (χ3v) is 5.02. The number of nitrogens with two attached hydrogens (primary N) is 1. The van der Waals surface area contributed by atoms with E-state index < -0.39 is 0 Å². The van der Waals surface area contributed by atoms with Crippen molar-refractivity contribution >= 4 is 28.2 Å². The maximum atomic E-state index is 12.9. The second kappa shape index (κ2) is 8.66. The zero-order valence-electron chi connectivity index (χ0n) is 16.8. The number of benzene rings is 3. The number of hydrogen-bond donors (Lipinski definition) is 2. The van der Waals surface area contributed by atoms with E-state index in [9.17, 15) is 4.79 Å². The van der Waals surface area contributed by atoms with Gasteiger partial charge in [-0.2, -0.15) is 0 Å². The summed E-state index contributed by atoms with van der Waals surface area (Å²) in [5, 5.41) is 3.76. The van der Waals surface area contributed by atoms with Crippen LogP contribution in [0, 0.1) is 0 Å². The Balaban J connectivity index is 1.51. The van der Waals surface area contributed by atoms with Crippen molar-refractivity contribution in [1.82, 2.24) is 4.98 Å². The van der Waals surface area contributed by atoms with Gasteiger partial charge in [-0.15, -0.1) is 0 Å².